The SMILES string of the molecule is CCCCC1CCC(C(Cc2ccccc2Cl)NC)CC1. The third-order valence-electron chi connectivity index (χ3n) is 5.19. The molecule has 118 valence electrons. The van der Waals surface area contributed by atoms with Crippen LogP contribution < -0.4 is 5.32 Å². The number of unbranched alkanes of at least 4 members (excludes halogenated alkanes) is 1. The predicted octanol–water partition coefficient (Wildman–Crippen LogP) is 5.47. The predicted molar refractivity (Wildman–Crippen MR) is 93.0 cm³/mol. The Balaban J connectivity index is 1.86. The molecule has 0 bridgehead atoms. The first-order valence-electron chi connectivity index (χ1n) is 8.65. The van der Waals surface area contributed by atoms with Crippen LogP contribution in [0.5, 0.6) is 0 Å². The van der Waals surface area contributed by atoms with Gasteiger partial charge in [-0.3, -0.25) is 0 Å². The molecule has 1 aromatic carbocycles. The molecule has 2 rings (SSSR count). The topological polar surface area (TPSA) is 12.0 Å². The molecule has 0 aromatic heterocycles. The quantitative estimate of drug-likeness (QED) is 0.704. The van der Waals surface area contributed by atoms with Gasteiger partial charge in [0, 0.05) is 11.1 Å². The highest BCUT2D eigenvalue weighted by Crippen LogP contribution is 2.34. The molecule has 1 saturated carbocycles. The molecule has 1 aromatic rings. The maximum Gasteiger partial charge on any atom is 0.0438 e. The lowest BCUT2D eigenvalue weighted by molar-refractivity contribution is 0.216. The molecule has 1 aliphatic rings. The summed E-state index contributed by atoms with van der Waals surface area (Å²) >= 11 is 6.32. The number of benzene rings is 1. The van der Waals surface area contributed by atoms with E-state index in [4.69, 9.17) is 11.6 Å². The minimum absolute atomic E-state index is 0.567. The summed E-state index contributed by atoms with van der Waals surface area (Å²) in [4.78, 5) is 0. The Hall–Kier alpha value is -0.530. The number of likely N-dealkylation sites (N-methyl/N-ethyl adjacent to an activating group) is 1. The van der Waals surface area contributed by atoms with Gasteiger partial charge < -0.3 is 5.32 Å². The fourth-order valence-corrected chi connectivity index (χ4v) is 3.99. The van der Waals surface area contributed by atoms with Crippen molar-refractivity contribution in [2.75, 3.05) is 7.05 Å². The van der Waals surface area contributed by atoms with Crippen LogP contribution in [0.4, 0.5) is 0 Å². The first kappa shape index (κ1) is 16.8. The number of nitrogens with one attached hydrogen (secondary N) is 1. The standard InChI is InChI=1S/C19H30ClN/c1-3-4-7-15-10-12-16(13-11-15)19(21-2)14-17-8-5-6-9-18(17)20/h5-6,8-9,15-16,19,21H,3-4,7,10-14H2,1-2H3. The largest absolute Gasteiger partial charge is 0.316 e. The molecule has 1 fully saturated rings. The molecule has 0 heterocycles. The third kappa shape index (κ3) is 5.00. The average Bonchev–Trinajstić information content (AvgIpc) is 2.53. The molecule has 0 saturated heterocycles. The summed E-state index contributed by atoms with van der Waals surface area (Å²) < 4.78 is 0. The monoisotopic (exact) mass is 307 g/mol. The van der Waals surface area contributed by atoms with Crippen LogP contribution in [-0.2, 0) is 6.42 Å². The van der Waals surface area contributed by atoms with Gasteiger partial charge in [-0.15, -0.1) is 0 Å². The fraction of sp³-hybridized carbons (Fsp3) is 0.684. The highest BCUT2D eigenvalue weighted by molar-refractivity contribution is 6.31. The van der Waals surface area contributed by atoms with Gasteiger partial charge in [0.15, 0.2) is 0 Å². The summed E-state index contributed by atoms with van der Waals surface area (Å²) in [5.74, 6) is 1.79. The van der Waals surface area contributed by atoms with Crippen LogP contribution in [0.15, 0.2) is 24.3 Å². The van der Waals surface area contributed by atoms with Crippen molar-refractivity contribution in [3.05, 3.63) is 34.9 Å². The van der Waals surface area contributed by atoms with Crippen LogP contribution in [0.3, 0.4) is 0 Å². The van der Waals surface area contributed by atoms with E-state index in [0.29, 0.717) is 6.04 Å². The fourth-order valence-electron chi connectivity index (χ4n) is 3.78. The highest BCUT2D eigenvalue weighted by atomic mass is 35.5. The molecule has 0 aliphatic heterocycles. The van der Waals surface area contributed by atoms with Crippen molar-refractivity contribution in [3.8, 4) is 0 Å². The number of halogens is 1. The number of hydrogen-bond donors (Lipinski definition) is 1. The van der Waals surface area contributed by atoms with Gasteiger partial charge in [-0.05, 0) is 49.8 Å². The molecule has 1 N–H and O–H groups in total. The van der Waals surface area contributed by atoms with Crippen LogP contribution in [0.2, 0.25) is 5.02 Å². The van der Waals surface area contributed by atoms with E-state index in [1.807, 2.05) is 12.1 Å². The third-order valence-corrected chi connectivity index (χ3v) is 5.56. The molecule has 2 heteroatoms. The Labute approximate surface area is 135 Å². The Morgan fingerprint density at radius 2 is 1.90 bits per heavy atom. The van der Waals surface area contributed by atoms with Gasteiger partial charge in [0.25, 0.3) is 0 Å². The molecule has 1 nitrogen and oxygen atoms in total. The highest BCUT2D eigenvalue weighted by Gasteiger charge is 2.26. The van der Waals surface area contributed by atoms with Gasteiger partial charge in [0.1, 0.15) is 0 Å². The van der Waals surface area contributed by atoms with Crippen molar-refractivity contribution in [1.29, 1.82) is 0 Å². The van der Waals surface area contributed by atoms with Gasteiger partial charge in [0.2, 0.25) is 0 Å². The minimum Gasteiger partial charge on any atom is -0.316 e. The second-order valence-corrected chi connectivity index (χ2v) is 7.02. The van der Waals surface area contributed by atoms with E-state index in [2.05, 4.69) is 31.4 Å². The van der Waals surface area contributed by atoms with Gasteiger partial charge in [-0.2, -0.15) is 0 Å². The van der Waals surface area contributed by atoms with Crippen LogP contribution in [0.1, 0.15) is 57.4 Å². The Bertz CT molecular complexity index is 410. The lowest BCUT2D eigenvalue weighted by Gasteiger charge is -2.34. The molecule has 0 spiro atoms. The lowest BCUT2D eigenvalue weighted by Crippen LogP contribution is -2.37. The van der Waals surface area contributed by atoms with Crippen LogP contribution in [0, 0.1) is 11.8 Å². The van der Waals surface area contributed by atoms with E-state index in [1.165, 1.54) is 50.5 Å². The van der Waals surface area contributed by atoms with Gasteiger partial charge >= 0.3 is 0 Å². The van der Waals surface area contributed by atoms with Crippen LogP contribution in [0.25, 0.3) is 0 Å². The average molecular weight is 308 g/mol. The Morgan fingerprint density at radius 3 is 2.52 bits per heavy atom. The summed E-state index contributed by atoms with van der Waals surface area (Å²) in [5, 5.41) is 4.46. The molecular formula is C19H30ClN. The van der Waals surface area contributed by atoms with Crippen molar-refractivity contribution in [3.63, 3.8) is 0 Å². The van der Waals surface area contributed by atoms with Crippen LogP contribution >= 0.6 is 11.6 Å². The van der Waals surface area contributed by atoms with Crippen molar-refractivity contribution in [2.24, 2.45) is 11.8 Å². The molecule has 0 amide bonds. The first-order chi connectivity index (χ1) is 10.2. The van der Waals surface area contributed by atoms with E-state index >= 15 is 0 Å². The summed E-state index contributed by atoms with van der Waals surface area (Å²) in [5.41, 5.74) is 1.28. The van der Waals surface area contributed by atoms with E-state index in [1.54, 1.807) is 0 Å². The second kappa shape index (κ2) is 8.80. The molecule has 1 aliphatic carbocycles. The zero-order chi connectivity index (χ0) is 15.1. The summed E-state index contributed by atoms with van der Waals surface area (Å²) in [6.07, 6.45) is 10.8. The number of hydrogen-bond acceptors (Lipinski definition) is 1. The minimum atomic E-state index is 0.567. The molecule has 21 heavy (non-hydrogen) atoms. The first-order valence-corrected chi connectivity index (χ1v) is 9.03. The second-order valence-electron chi connectivity index (χ2n) is 6.61. The van der Waals surface area contributed by atoms with Crippen LogP contribution in [-0.4, -0.2) is 13.1 Å². The van der Waals surface area contributed by atoms with Gasteiger partial charge in [-0.1, -0.05) is 68.8 Å². The Kier molecular flexibility index (Phi) is 7.06. The van der Waals surface area contributed by atoms with Crippen molar-refractivity contribution < 1.29 is 0 Å². The summed E-state index contributed by atoms with van der Waals surface area (Å²) in [7, 11) is 2.10. The lowest BCUT2D eigenvalue weighted by atomic mass is 9.75. The Morgan fingerprint density at radius 1 is 1.19 bits per heavy atom. The maximum absolute atomic E-state index is 6.32. The van der Waals surface area contributed by atoms with Crippen molar-refractivity contribution in [1.82, 2.24) is 5.32 Å². The zero-order valence-electron chi connectivity index (χ0n) is 13.6. The molecule has 1 unspecified atom stereocenters. The van der Waals surface area contributed by atoms with Crippen molar-refractivity contribution >= 4 is 11.6 Å². The molecule has 1 atom stereocenters. The van der Waals surface area contributed by atoms with E-state index < -0.39 is 0 Å². The summed E-state index contributed by atoms with van der Waals surface area (Å²) in [6.45, 7) is 2.30. The van der Waals surface area contributed by atoms with Crippen molar-refractivity contribution in [2.45, 2.75) is 64.3 Å². The van der Waals surface area contributed by atoms with E-state index in [-0.39, 0.29) is 0 Å². The molecular weight excluding hydrogens is 278 g/mol. The molecule has 0 radical (unpaired) electrons. The number of rotatable bonds is 7. The smallest absolute Gasteiger partial charge is 0.0438 e. The van der Waals surface area contributed by atoms with E-state index in [9.17, 15) is 0 Å². The summed E-state index contributed by atoms with van der Waals surface area (Å²) in [6, 6.07) is 8.84. The maximum atomic E-state index is 6.32. The van der Waals surface area contributed by atoms with Gasteiger partial charge in [0.05, 0.1) is 0 Å². The normalized spacial score (nSPS) is 24.0. The van der Waals surface area contributed by atoms with Gasteiger partial charge in [-0.25, -0.2) is 0 Å². The van der Waals surface area contributed by atoms with E-state index in [0.717, 1.165) is 23.3 Å². The zero-order valence-corrected chi connectivity index (χ0v) is 14.3.